The van der Waals surface area contributed by atoms with Crippen LogP contribution in [0.5, 0.6) is 11.5 Å². The molecule has 1 aromatic heterocycles. The minimum atomic E-state index is -0.173. The van der Waals surface area contributed by atoms with E-state index in [9.17, 15) is 4.79 Å². The Hall–Kier alpha value is -3.34. The molecule has 0 saturated carbocycles. The second kappa shape index (κ2) is 6.65. The van der Waals surface area contributed by atoms with Gasteiger partial charge in [0.15, 0.2) is 11.5 Å². The van der Waals surface area contributed by atoms with Crippen LogP contribution < -0.4 is 14.8 Å². The van der Waals surface area contributed by atoms with Crippen molar-refractivity contribution in [2.24, 2.45) is 0 Å². The van der Waals surface area contributed by atoms with Gasteiger partial charge in [0.1, 0.15) is 0 Å². The van der Waals surface area contributed by atoms with E-state index in [1.807, 2.05) is 54.6 Å². The van der Waals surface area contributed by atoms with Crippen LogP contribution in [0.2, 0.25) is 0 Å². The molecule has 124 valence electrons. The molecule has 1 N–H and O–H groups in total. The van der Waals surface area contributed by atoms with Gasteiger partial charge >= 0.3 is 0 Å². The molecule has 0 spiro atoms. The Morgan fingerprint density at radius 3 is 2.92 bits per heavy atom. The number of fused-ring (bicyclic) bond motifs is 2. The van der Waals surface area contributed by atoms with Crippen LogP contribution in [-0.4, -0.2) is 17.7 Å². The first-order valence-corrected chi connectivity index (χ1v) is 7.98. The molecule has 0 unspecified atom stereocenters. The number of carbonyl (C=O) groups is 1. The average Bonchev–Trinajstić information content (AvgIpc) is 3.12. The number of nitrogens with one attached hydrogen (secondary N) is 1. The van der Waals surface area contributed by atoms with Crippen molar-refractivity contribution in [1.82, 2.24) is 10.3 Å². The summed E-state index contributed by atoms with van der Waals surface area (Å²) in [7, 11) is 0. The maximum atomic E-state index is 12.0. The highest BCUT2D eigenvalue weighted by Crippen LogP contribution is 2.32. The fourth-order valence-corrected chi connectivity index (χ4v) is 2.63. The molecule has 25 heavy (non-hydrogen) atoms. The lowest BCUT2D eigenvalue weighted by atomic mass is 10.2. The number of hydrogen-bond donors (Lipinski definition) is 1. The number of para-hydroxylation sites is 1. The van der Waals surface area contributed by atoms with Gasteiger partial charge in [-0.15, -0.1) is 0 Å². The number of carbonyl (C=O) groups excluding carboxylic acids is 1. The van der Waals surface area contributed by atoms with Gasteiger partial charge in [-0.3, -0.25) is 4.79 Å². The fourth-order valence-electron chi connectivity index (χ4n) is 2.63. The van der Waals surface area contributed by atoms with E-state index in [1.54, 1.807) is 6.08 Å². The van der Waals surface area contributed by atoms with E-state index in [4.69, 9.17) is 9.47 Å². The molecule has 5 nitrogen and oxygen atoms in total. The summed E-state index contributed by atoms with van der Waals surface area (Å²) in [6, 6.07) is 17.4. The van der Waals surface area contributed by atoms with Crippen molar-refractivity contribution in [1.29, 1.82) is 0 Å². The summed E-state index contributed by atoms with van der Waals surface area (Å²) >= 11 is 0. The molecule has 0 fully saturated rings. The van der Waals surface area contributed by atoms with Crippen molar-refractivity contribution in [2.45, 2.75) is 6.54 Å². The van der Waals surface area contributed by atoms with Crippen LogP contribution >= 0.6 is 0 Å². The molecule has 0 saturated heterocycles. The van der Waals surface area contributed by atoms with E-state index in [-0.39, 0.29) is 12.7 Å². The number of aromatic nitrogens is 1. The molecular formula is C20H16N2O3. The van der Waals surface area contributed by atoms with Crippen molar-refractivity contribution in [3.63, 3.8) is 0 Å². The van der Waals surface area contributed by atoms with Gasteiger partial charge in [-0.1, -0.05) is 30.3 Å². The Balaban J connectivity index is 1.38. The Morgan fingerprint density at radius 2 is 1.96 bits per heavy atom. The third-order valence-corrected chi connectivity index (χ3v) is 3.93. The molecule has 0 aliphatic carbocycles. The Morgan fingerprint density at radius 1 is 1.08 bits per heavy atom. The van der Waals surface area contributed by atoms with Gasteiger partial charge in [0.2, 0.25) is 12.7 Å². The third kappa shape index (κ3) is 3.45. The highest BCUT2D eigenvalue weighted by atomic mass is 16.7. The predicted molar refractivity (Wildman–Crippen MR) is 95.2 cm³/mol. The van der Waals surface area contributed by atoms with Crippen molar-refractivity contribution in [2.75, 3.05) is 6.79 Å². The van der Waals surface area contributed by atoms with Gasteiger partial charge in [-0.05, 0) is 35.9 Å². The summed E-state index contributed by atoms with van der Waals surface area (Å²) in [5, 5.41) is 3.92. The van der Waals surface area contributed by atoms with Crippen LogP contribution in [0.4, 0.5) is 0 Å². The first-order valence-electron chi connectivity index (χ1n) is 7.98. The minimum absolute atomic E-state index is 0.173. The number of ether oxygens (including phenoxy) is 2. The molecule has 1 aliphatic rings. The lowest BCUT2D eigenvalue weighted by Gasteiger charge is -2.04. The lowest BCUT2D eigenvalue weighted by molar-refractivity contribution is -0.116. The first kappa shape index (κ1) is 15.2. The molecule has 3 aromatic rings. The summed E-state index contributed by atoms with van der Waals surface area (Å²) in [5.74, 6) is 1.27. The lowest BCUT2D eigenvalue weighted by Crippen LogP contribution is -2.20. The van der Waals surface area contributed by atoms with Crippen molar-refractivity contribution in [3.8, 4) is 11.5 Å². The molecule has 0 bridgehead atoms. The van der Waals surface area contributed by atoms with Gasteiger partial charge in [-0.25, -0.2) is 4.98 Å². The molecule has 0 radical (unpaired) electrons. The quantitative estimate of drug-likeness (QED) is 0.745. The standard InChI is InChI=1S/C20H16N2O3/c23-20(21-12-14-5-9-18-19(11-14)25-13-24-18)10-8-16-7-6-15-3-1-2-4-17(15)22-16/h1-11H,12-13H2,(H,21,23)/b10-8+. The molecule has 2 heterocycles. The Bertz CT molecular complexity index is 966. The molecule has 1 aliphatic heterocycles. The molecule has 5 heteroatoms. The van der Waals surface area contributed by atoms with Crippen LogP contribution in [0.3, 0.4) is 0 Å². The summed E-state index contributed by atoms with van der Waals surface area (Å²) in [6.07, 6.45) is 3.20. The van der Waals surface area contributed by atoms with E-state index in [0.717, 1.165) is 27.9 Å². The average molecular weight is 332 g/mol. The Labute approximate surface area is 144 Å². The van der Waals surface area contributed by atoms with Crippen LogP contribution in [0.15, 0.2) is 60.7 Å². The zero-order valence-electron chi connectivity index (χ0n) is 13.4. The number of benzene rings is 2. The summed E-state index contributed by atoms with van der Waals surface area (Å²) < 4.78 is 10.6. The van der Waals surface area contributed by atoms with Crippen molar-refractivity contribution in [3.05, 3.63) is 71.9 Å². The van der Waals surface area contributed by atoms with Gasteiger partial charge in [0.05, 0.1) is 11.2 Å². The van der Waals surface area contributed by atoms with Gasteiger partial charge in [-0.2, -0.15) is 0 Å². The van der Waals surface area contributed by atoms with E-state index in [1.165, 1.54) is 6.08 Å². The smallest absolute Gasteiger partial charge is 0.244 e. The fraction of sp³-hybridized carbons (Fsp3) is 0.100. The predicted octanol–water partition coefficient (Wildman–Crippen LogP) is 3.29. The van der Waals surface area contributed by atoms with Gasteiger partial charge < -0.3 is 14.8 Å². The zero-order chi connectivity index (χ0) is 17.1. The van der Waals surface area contributed by atoms with Crippen LogP contribution in [0, 0.1) is 0 Å². The third-order valence-electron chi connectivity index (χ3n) is 3.93. The monoisotopic (exact) mass is 332 g/mol. The second-order valence-corrected chi connectivity index (χ2v) is 5.67. The topological polar surface area (TPSA) is 60.5 Å². The minimum Gasteiger partial charge on any atom is -0.454 e. The molecule has 0 atom stereocenters. The van der Waals surface area contributed by atoms with Gasteiger partial charge in [0, 0.05) is 18.0 Å². The van der Waals surface area contributed by atoms with Crippen LogP contribution in [0.1, 0.15) is 11.3 Å². The zero-order valence-corrected chi connectivity index (χ0v) is 13.4. The highest BCUT2D eigenvalue weighted by molar-refractivity contribution is 5.91. The van der Waals surface area contributed by atoms with E-state index in [0.29, 0.717) is 12.3 Å². The van der Waals surface area contributed by atoms with Crippen LogP contribution in [-0.2, 0) is 11.3 Å². The molecule has 2 aromatic carbocycles. The Kier molecular flexibility index (Phi) is 4.04. The SMILES string of the molecule is O=C(/C=C/c1ccc2ccccc2n1)NCc1ccc2c(c1)OCO2. The maximum absolute atomic E-state index is 12.0. The summed E-state index contributed by atoms with van der Waals surface area (Å²) in [4.78, 5) is 16.5. The molecular weight excluding hydrogens is 316 g/mol. The largest absolute Gasteiger partial charge is 0.454 e. The van der Waals surface area contributed by atoms with Crippen molar-refractivity contribution < 1.29 is 14.3 Å². The van der Waals surface area contributed by atoms with E-state index < -0.39 is 0 Å². The number of nitrogens with zero attached hydrogens (tertiary/aromatic N) is 1. The van der Waals surface area contributed by atoms with Gasteiger partial charge in [0.25, 0.3) is 0 Å². The number of pyridine rings is 1. The number of hydrogen-bond acceptors (Lipinski definition) is 4. The molecule has 1 amide bonds. The number of rotatable bonds is 4. The van der Waals surface area contributed by atoms with Crippen molar-refractivity contribution >= 4 is 22.9 Å². The summed E-state index contributed by atoms with van der Waals surface area (Å²) in [5.41, 5.74) is 2.61. The number of amides is 1. The second-order valence-electron chi connectivity index (χ2n) is 5.67. The maximum Gasteiger partial charge on any atom is 0.244 e. The van der Waals surface area contributed by atoms with Crippen LogP contribution in [0.25, 0.3) is 17.0 Å². The molecule has 4 rings (SSSR count). The van der Waals surface area contributed by atoms with E-state index >= 15 is 0 Å². The van der Waals surface area contributed by atoms with E-state index in [2.05, 4.69) is 10.3 Å². The highest BCUT2D eigenvalue weighted by Gasteiger charge is 2.13. The summed E-state index contributed by atoms with van der Waals surface area (Å²) in [6.45, 7) is 0.664. The normalized spacial score (nSPS) is 12.6. The first-order chi connectivity index (χ1) is 12.3.